The molecule has 0 fully saturated rings. The van der Waals surface area contributed by atoms with Crippen molar-refractivity contribution in [1.29, 1.82) is 0 Å². The number of benzene rings is 4. The molecular weight excluding hydrogens is 504 g/mol. The molecule has 0 aliphatic rings. The first-order chi connectivity index (χ1) is 16.7. The third-order valence-electron chi connectivity index (χ3n) is 5.63. The summed E-state index contributed by atoms with van der Waals surface area (Å²) in [6, 6.07) is 26.3. The molecule has 0 radical (unpaired) electrons. The van der Waals surface area contributed by atoms with Gasteiger partial charge in [-0.1, -0.05) is 63.2 Å². The Morgan fingerprint density at radius 3 is 2.09 bits per heavy atom. The average molecular weight is 531 g/mol. The van der Waals surface area contributed by atoms with Gasteiger partial charge in [0, 0.05) is 16.9 Å². The van der Waals surface area contributed by atoms with Crippen molar-refractivity contribution >= 4 is 49.9 Å². The van der Waals surface area contributed by atoms with Gasteiger partial charge in [0.2, 0.25) is 0 Å². The van der Waals surface area contributed by atoms with Gasteiger partial charge in [0.05, 0.1) is 4.47 Å². The van der Waals surface area contributed by atoms with E-state index in [1.165, 1.54) is 5.56 Å². The van der Waals surface area contributed by atoms with Gasteiger partial charge in [-0.15, -0.1) is 0 Å². The predicted molar refractivity (Wildman–Crippen MR) is 145 cm³/mol. The lowest BCUT2D eigenvalue weighted by atomic mass is 9.87. The summed E-state index contributed by atoms with van der Waals surface area (Å²) in [5.41, 5.74) is 3.05. The molecule has 0 aromatic heterocycles. The fourth-order valence-corrected chi connectivity index (χ4v) is 4.23. The third-order valence-corrected chi connectivity index (χ3v) is 6.44. The third kappa shape index (κ3) is 6.08. The fourth-order valence-electron chi connectivity index (χ4n) is 3.63. The van der Waals surface area contributed by atoms with Gasteiger partial charge in [0.1, 0.15) is 5.75 Å². The summed E-state index contributed by atoms with van der Waals surface area (Å²) in [6.45, 7) is 6.28. The number of hydrogen-bond acceptors (Lipinski definition) is 3. The summed E-state index contributed by atoms with van der Waals surface area (Å²) in [5, 5.41) is 7.80. The number of fused-ring (bicyclic) bond motifs is 1. The Balaban J connectivity index is 1.31. The van der Waals surface area contributed by atoms with Gasteiger partial charge in [-0.3, -0.25) is 9.59 Å². The van der Waals surface area contributed by atoms with E-state index in [2.05, 4.69) is 47.3 Å². The second kappa shape index (κ2) is 10.3. The highest BCUT2D eigenvalue weighted by molar-refractivity contribution is 9.10. The standard InChI is InChI=1S/C29H27BrN2O3/c1-29(2,3)21-11-8-20(9-12-21)28(34)32-23-15-13-22(14-16-23)31-26(33)18-35-25-17-10-19-6-4-5-7-24(19)27(25)30/h4-17H,18H2,1-3H3,(H,31,33)(H,32,34). The highest BCUT2D eigenvalue weighted by Crippen LogP contribution is 2.33. The minimum Gasteiger partial charge on any atom is -0.483 e. The van der Waals surface area contributed by atoms with Gasteiger partial charge in [0.15, 0.2) is 6.61 Å². The Labute approximate surface area is 213 Å². The maximum Gasteiger partial charge on any atom is 0.262 e. The molecule has 0 saturated carbocycles. The zero-order valence-electron chi connectivity index (χ0n) is 19.9. The van der Waals surface area contributed by atoms with Crippen LogP contribution in [0, 0.1) is 0 Å². The summed E-state index contributed by atoms with van der Waals surface area (Å²) >= 11 is 3.56. The first-order valence-electron chi connectivity index (χ1n) is 11.3. The Hall–Kier alpha value is -3.64. The smallest absolute Gasteiger partial charge is 0.262 e. The molecule has 4 aromatic rings. The Bertz CT molecular complexity index is 1360. The summed E-state index contributed by atoms with van der Waals surface area (Å²) in [5.74, 6) is 0.143. The molecule has 4 aromatic carbocycles. The van der Waals surface area contributed by atoms with Crippen LogP contribution in [0.4, 0.5) is 11.4 Å². The molecule has 0 bridgehead atoms. The first-order valence-corrected chi connectivity index (χ1v) is 12.1. The summed E-state index contributed by atoms with van der Waals surface area (Å²) in [6.07, 6.45) is 0. The molecule has 35 heavy (non-hydrogen) atoms. The van der Waals surface area contributed by atoms with E-state index in [1.54, 1.807) is 24.3 Å². The number of nitrogens with one attached hydrogen (secondary N) is 2. The minimum atomic E-state index is -0.277. The molecule has 0 saturated heterocycles. The second-order valence-corrected chi connectivity index (χ2v) is 10.1. The Morgan fingerprint density at radius 1 is 0.800 bits per heavy atom. The molecule has 0 atom stereocenters. The van der Waals surface area contributed by atoms with Crippen LogP contribution in [0.5, 0.6) is 5.75 Å². The molecule has 4 rings (SSSR count). The predicted octanol–water partition coefficient (Wildman–Crippen LogP) is 7.17. The minimum absolute atomic E-state index is 0.0340. The van der Waals surface area contributed by atoms with E-state index in [1.807, 2.05) is 60.7 Å². The fraction of sp³-hybridized carbons (Fsp3) is 0.172. The van der Waals surface area contributed by atoms with E-state index in [0.29, 0.717) is 22.7 Å². The normalized spacial score (nSPS) is 11.2. The number of carbonyl (C=O) groups is 2. The number of anilines is 2. The summed E-state index contributed by atoms with van der Waals surface area (Å²) in [7, 11) is 0. The maximum absolute atomic E-state index is 12.6. The van der Waals surface area contributed by atoms with Crippen molar-refractivity contribution in [2.45, 2.75) is 26.2 Å². The molecule has 0 heterocycles. The van der Waals surface area contributed by atoms with Gasteiger partial charge in [0.25, 0.3) is 11.8 Å². The van der Waals surface area contributed by atoms with Gasteiger partial charge < -0.3 is 15.4 Å². The van der Waals surface area contributed by atoms with Crippen molar-refractivity contribution in [2.24, 2.45) is 0 Å². The van der Waals surface area contributed by atoms with E-state index in [0.717, 1.165) is 15.2 Å². The quantitative estimate of drug-likeness (QED) is 0.277. The SMILES string of the molecule is CC(C)(C)c1ccc(C(=O)Nc2ccc(NC(=O)COc3ccc4ccccc4c3Br)cc2)cc1. The number of halogens is 1. The van der Waals surface area contributed by atoms with Crippen molar-refractivity contribution in [3.8, 4) is 5.75 Å². The van der Waals surface area contributed by atoms with Gasteiger partial charge >= 0.3 is 0 Å². The topological polar surface area (TPSA) is 67.4 Å². The Kier molecular flexibility index (Phi) is 7.22. The number of amides is 2. The maximum atomic E-state index is 12.6. The van der Waals surface area contributed by atoms with Crippen LogP contribution in [-0.4, -0.2) is 18.4 Å². The zero-order chi connectivity index (χ0) is 25.0. The molecule has 0 aliphatic carbocycles. The van der Waals surface area contributed by atoms with Crippen molar-refractivity contribution < 1.29 is 14.3 Å². The van der Waals surface area contributed by atoms with Crippen LogP contribution < -0.4 is 15.4 Å². The Morgan fingerprint density at radius 2 is 1.43 bits per heavy atom. The lowest BCUT2D eigenvalue weighted by molar-refractivity contribution is -0.118. The van der Waals surface area contributed by atoms with Crippen LogP contribution in [0.25, 0.3) is 10.8 Å². The van der Waals surface area contributed by atoms with Crippen molar-refractivity contribution in [3.05, 3.63) is 101 Å². The van der Waals surface area contributed by atoms with Crippen molar-refractivity contribution in [2.75, 3.05) is 17.2 Å². The van der Waals surface area contributed by atoms with Crippen LogP contribution in [0.15, 0.2) is 89.4 Å². The molecule has 0 unspecified atom stereocenters. The van der Waals surface area contributed by atoms with Crippen LogP contribution in [-0.2, 0) is 10.2 Å². The van der Waals surface area contributed by atoms with E-state index in [9.17, 15) is 9.59 Å². The number of ether oxygens (including phenoxy) is 1. The van der Waals surface area contributed by atoms with Gasteiger partial charge in [-0.2, -0.15) is 0 Å². The highest BCUT2D eigenvalue weighted by atomic mass is 79.9. The van der Waals surface area contributed by atoms with E-state index in [4.69, 9.17) is 4.74 Å². The van der Waals surface area contributed by atoms with Crippen molar-refractivity contribution in [3.63, 3.8) is 0 Å². The van der Waals surface area contributed by atoms with Crippen LogP contribution in [0.2, 0.25) is 0 Å². The van der Waals surface area contributed by atoms with Crippen LogP contribution in [0.1, 0.15) is 36.7 Å². The molecule has 2 N–H and O–H groups in total. The highest BCUT2D eigenvalue weighted by Gasteiger charge is 2.14. The molecule has 0 aliphatic heterocycles. The van der Waals surface area contributed by atoms with E-state index < -0.39 is 0 Å². The molecule has 2 amide bonds. The van der Waals surface area contributed by atoms with Crippen LogP contribution in [0.3, 0.4) is 0 Å². The second-order valence-electron chi connectivity index (χ2n) is 9.29. The van der Waals surface area contributed by atoms with Gasteiger partial charge in [-0.25, -0.2) is 0 Å². The van der Waals surface area contributed by atoms with Gasteiger partial charge in [-0.05, 0) is 80.1 Å². The molecule has 0 spiro atoms. The summed E-state index contributed by atoms with van der Waals surface area (Å²) < 4.78 is 6.53. The lowest BCUT2D eigenvalue weighted by Gasteiger charge is -2.19. The largest absolute Gasteiger partial charge is 0.483 e. The monoisotopic (exact) mass is 530 g/mol. The summed E-state index contributed by atoms with van der Waals surface area (Å²) in [4.78, 5) is 25.0. The average Bonchev–Trinajstić information content (AvgIpc) is 2.84. The van der Waals surface area contributed by atoms with Crippen LogP contribution >= 0.6 is 15.9 Å². The molecule has 5 nitrogen and oxygen atoms in total. The van der Waals surface area contributed by atoms with E-state index >= 15 is 0 Å². The number of hydrogen-bond donors (Lipinski definition) is 2. The molecular formula is C29H27BrN2O3. The van der Waals surface area contributed by atoms with Crippen molar-refractivity contribution in [1.82, 2.24) is 0 Å². The number of rotatable bonds is 6. The first kappa shape index (κ1) is 24.5. The molecule has 6 heteroatoms. The zero-order valence-corrected chi connectivity index (χ0v) is 21.5. The number of carbonyl (C=O) groups excluding carboxylic acids is 2. The molecule has 178 valence electrons. The van der Waals surface area contributed by atoms with E-state index in [-0.39, 0.29) is 23.8 Å². The lowest BCUT2D eigenvalue weighted by Crippen LogP contribution is -2.20.